The highest BCUT2D eigenvalue weighted by atomic mass is 127. The van der Waals surface area contributed by atoms with Gasteiger partial charge in [0.2, 0.25) is 5.75 Å². The van der Waals surface area contributed by atoms with Crippen LogP contribution < -0.4 is 25.5 Å². The van der Waals surface area contributed by atoms with E-state index in [2.05, 4.69) is 21.2 Å². The minimum atomic E-state index is -1.26. The summed E-state index contributed by atoms with van der Waals surface area (Å²) in [6.45, 7) is 3.41. The first-order chi connectivity index (χ1) is 18.5. The third-order valence-electron chi connectivity index (χ3n) is 5.37. The van der Waals surface area contributed by atoms with E-state index in [-0.39, 0.29) is 21.5 Å². The Kier molecular flexibility index (Phi) is 9.89. The van der Waals surface area contributed by atoms with Crippen molar-refractivity contribution in [3.05, 3.63) is 66.4 Å². The average molecular weight is 655 g/mol. The van der Waals surface area contributed by atoms with E-state index in [1.54, 1.807) is 54.6 Å². The molecule has 2 atom stereocenters. The van der Waals surface area contributed by atoms with Crippen LogP contribution in [0.5, 0.6) is 17.2 Å². The number of nitrogens with zero attached hydrogens (tertiary/aromatic N) is 2. The van der Waals surface area contributed by atoms with E-state index < -0.39 is 40.6 Å². The molecule has 1 aliphatic heterocycles. The molecule has 5 N–H and O–H groups in total. The molecule has 0 aromatic heterocycles. The number of nitro groups is 1. The largest absolute Gasteiger partial charge is 0.501 e. The second kappa shape index (κ2) is 13.1. The average Bonchev–Trinajstić information content (AvgIpc) is 2.89. The lowest BCUT2D eigenvalue weighted by Crippen LogP contribution is -2.45. The molecule has 1 aliphatic rings. The lowest BCUT2D eigenvalue weighted by Gasteiger charge is -2.28. The highest BCUT2D eigenvalue weighted by Gasteiger charge is 2.32. The van der Waals surface area contributed by atoms with Crippen molar-refractivity contribution in [1.29, 1.82) is 0 Å². The van der Waals surface area contributed by atoms with Crippen molar-refractivity contribution < 1.29 is 38.9 Å². The number of halogens is 1. The summed E-state index contributed by atoms with van der Waals surface area (Å²) in [6.07, 6.45) is -0.0123. The Bertz CT molecular complexity index is 1330. The number of phenolic OH excluding ortho intramolecular Hbond substituents is 1. The molecule has 0 saturated carbocycles. The third kappa shape index (κ3) is 7.26. The summed E-state index contributed by atoms with van der Waals surface area (Å²) in [6, 6.07) is 6.19. The fraction of sp³-hybridized carbons (Fsp3) is 0.292. The lowest BCUT2D eigenvalue weighted by atomic mass is 9.95. The number of allylic oxidation sites excluding steroid dienone is 1. The molecule has 0 fully saturated rings. The summed E-state index contributed by atoms with van der Waals surface area (Å²) in [7, 11) is 1.25. The number of hydrazone groups is 1. The van der Waals surface area contributed by atoms with Gasteiger partial charge in [-0.15, -0.1) is 0 Å². The Morgan fingerprint density at radius 3 is 2.72 bits per heavy atom. The zero-order valence-corrected chi connectivity index (χ0v) is 23.2. The van der Waals surface area contributed by atoms with Crippen LogP contribution in [0.4, 0.5) is 10.5 Å². The molecule has 3 rings (SSSR count). The van der Waals surface area contributed by atoms with Crippen molar-refractivity contribution >= 4 is 46.5 Å². The first-order valence-electron chi connectivity index (χ1n) is 11.4. The molecule has 0 bridgehead atoms. The summed E-state index contributed by atoms with van der Waals surface area (Å²) in [5.41, 5.74) is 3.45. The number of hydrogen-bond donors (Lipinski definition) is 5. The topological polar surface area (TPSA) is 194 Å². The van der Waals surface area contributed by atoms with Gasteiger partial charge in [-0.1, -0.05) is 6.07 Å². The number of nitrogens with one attached hydrogen (secondary N) is 3. The SMILES string of the molecule is CCOc1cc([C@@H]2NC(=O)NC(C)=C2C(=O)OC)ccc1OC[C@@H](O)N/N=C\c1cc(I)c(O)c([N+](=O)[O-])c1. The number of benzene rings is 2. The first-order valence-corrected chi connectivity index (χ1v) is 12.5. The van der Waals surface area contributed by atoms with E-state index in [0.717, 1.165) is 6.07 Å². The van der Waals surface area contributed by atoms with Crippen molar-refractivity contribution in [2.75, 3.05) is 20.3 Å². The number of phenols is 1. The van der Waals surface area contributed by atoms with E-state index in [1.165, 1.54) is 19.4 Å². The van der Waals surface area contributed by atoms with Crippen LogP contribution in [0.3, 0.4) is 0 Å². The number of hydrogen-bond acceptors (Lipinski definition) is 11. The van der Waals surface area contributed by atoms with Gasteiger partial charge in [-0.05, 0) is 60.2 Å². The molecule has 0 spiro atoms. The lowest BCUT2D eigenvalue weighted by molar-refractivity contribution is -0.386. The third-order valence-corrected chi connectivity index (χ3v) is 6.19. The van der Waals surface area contributed by atoms with Gasteiger partial charge in [0, 0.05) is 17.3 Å². The van der Waals surface area contributed by atoms with Gasteiger partial charge >= 0.3 is 17.7 Å². The molecule has 0 unspecified atom stereocenters. The molecule has 0 aliphatic carbocycles. The van der Waals surface area contributed by atoms with Crippen molar-refractivity contribution in [2.45, 2.75) is 26.1 Å². The van der Waals surface area contributed by atoms with Crippen molar-refractivity contribution in [3.63, 3.8) is 0 Å². The van der Waals surface area contributed by atoms with E-state index >= 15 is 0 Å². The number of aliphatic hydroxyl groups is 1. The number of carbonyl (C=O) groups excluding carboxylic acids is 2. The molecule has 1 heterocycles. The Hall–Kier alpha value is -4.12. The number of nitro benzene ring substituents is 1. The van der Waals surface area contributed by atoms with Gasteiger partial charge in [0.15, 0.2) is 17.7 Å². The minimum Gasteiger partial charge on any atom is -0.501 e. The molecular weight excluding hydrogens is 629 g/mol. The first kappa shape index (κ1) is 29.4. The molecule has 2 aromatic carbocycles. The smallest absolute Gasteiger partial charge is 0.337 e. The summed E-state index contributed by atoms with van der Waals surface area (Å²) >= 11 is 1.76. The Morgan fingerprint density at radius 1 is 1.31 bits per heavy atom. The number of carbonyl (C=O) groups is 2. The molecular formula is C24H26IN5O9. The van der Waals surface area contributed by atoms with Crippen LogP contribution in [0.15, 0.2) is 46.7 Å². The number of aliphatic hydroxyl groups excluding tert-OH is 1. The molecule has 2 aromatic rings. The Labute approximate surface area is 236 Å². The van der Waals surface area contributed by atoms with Crippen molar-refractivity contribution in [1.82, 2.24) is 16.1 Å². The van der Waals surface area contributed by atoms with Crippen LogP contribution in [0.1, 0.15) is 31.0 Å². The predicted molar refractivity (Wildman–Crippen MR) is 146 cm³/mol. The van der Waals surface area contributed by atoms with Crippen molar-refractivity contribution in [2.24, 2.45) is 5.10 Å². The number of methoxy groups -OCH3 is 1. The predicted octanol–water partition coefficient (Wildman–Crippen LogP) is 2.43. The summed E-state index contributed by atoms with van der Waals surface area (Å²) in [5.74, 6) is -0.443. The van der Waals surface area contributed by atoms with Crippen LogP contribution in [0.2, 0.25) is 0 Å². The van der Waals surface area contributed by atoms with Crippen LogP contribution in [0.25, 0.3) is 0 Å². The zero-order chi connectivity index (χ0) is 28.7. The van der Waals surface area contributed by atoms with Crippen LogP contribution in [-0.4, -0.2) is 59.9 Å². The summed E-state index contributed by atoms with van der Waals surface area (Å²) in [5, 5.41) is 40.2. The number of ether oxygens (including phenoxy) is 3. The van der Waals surface area contributed by atoms with Gasteiger partial charge < -0.3 is 35.1 Å². The van der Waals surface area contributed by atoms with Gasteiger partial charge in [0.1, 0.15) is 6.61 Å². The van der Waals surface area contributed by atoms with Crippen LogP contribution in [0, 0.1) is 13.7 Å². The van der Waals surface area contributed by atoms with Crippen molar-refractivity contribution in [3.8, 4) is 17.2 Å². The number of aromatic hydroxyl groups is 1. The second-order valence-electron chi connectivity index (χ2n) is 8.04. The monoisotopic (exact) mass is 655 g/mol. The van der Waals surface area contributed by atoms with E-state index in [4.69, 9.17) is 14.2 Å². The van der Waals surface area contributed by atoms with Gasteiger partial charge in [0.25, 0.3) is 0 Å². The molecule has 2 amide bonds. The number of rotatable bonds is 11. The Balaban J connectivity index is 1.71. The maximum atomic E-state index is 12.4. The van der Waals surface area contributed by atoms with Crippen LogP contribution in [-0.2, 0) is 9.53 Å². The van der Waals surface area contributed by atoms with Gasteiger partial charge in [-0.3, -0.25) is 15.5 Å². The zero-order valence-electron chi connectivity index (χ0n) is 21.1. The quantitative estimate of drug-likeness (QED) is 0.0600. The molecule has 39 heavy (non-hydrogen) atoms. The number of amides is 2. The molecule has 208 valence electrons. The van der Waals surface area contributed by atoms with Gasteiger partial charge in [0.05, 0.1) is 40.0 Å². The maximum Gasteiger partial charge on any atom is 0.337 e. The molecule has 15 heteroatoms. The Morgan fingerprint density at radius 2 is 2.05 bits per heavy atom. The number of urea groups is 1. The second-order valence-corrected chi connectivity index (χ2v) is 9.20. The maximum absolute atomic E-state index is 12.4. The highest BCUT2D eigenvalue weighted by molar-refractivity contribution is 14.1. The normalized spacial score (nSPS) is 15.8. The fourth-order valence-corrected chi connectivity index (χ4v) is 4.27. The van der Waals surface area contributed by atoms with E-state index in [0.29, 0.717) is 29.2 Å². The number of esters is 1. The molecule has 0 saturated heterocycles. The summed E-state index contributed by atoms with van der Waals surface area (Å²) < 4.78 is 16.5. The minimum absolute atomic E-state index is 0.236. The fourth-order valence-electron chi connectivity index (χ4n) is 3.64. The summed E-state index contributed by atoms with van der Waals surface area (Å²) in [4.78, 5) is 34.8. The van der Waals surface area contributed by atoms with Gasteiger partial charge in [-0.2, -0.15) is 5.10 Å². The standard InChI is InChI=1S/C24H26IN5O9/c1-4-38-18-9-14(21-20(23(33)37-3)12(2)27-24(34)28-21)5-6-17(18)39-11-19(31)29-26-10-13-7-15(25)22(32)16(8-13)30(35)36/h5-10,19,21,29,31-32H,4,11H2,1-3H3,(H2,27,28,34)/b26-10-/t19-,21+/m1/s1. The molecule has 14 nitrogen and oxygen atoms in total. The highest BCUT2D eigenvalue weighted by Crippen LogP contribution is 2.35. The van der Waals surface area contributed by atoms with E-state index in [1.807, 2.05) is 0 Å². The van der Waals surface area contributed by atoms with E-state index in [9.17, 15) is 29.9 Å². The molecule has 0 radical (unpaired) electrons. The van der Waals surface area contributed by atoms with Crippen LogP contribution >= 0.6 is 22.6 Å². The van der Waals surface area contributed by atoms with Gasteiger partial charge in [-0.25, -0.2) is 9.59 Å².